The minimum absolute atomic E-state index is 0.00612. The average molecular weight is 437 g/mol. The van der Waals surface area contributed by atoms with Crippen molar-refractivity contribution in [2.75, 3.05) is 17.7 Å². The fourth-order valence-electron chi connectivity index (χ4n) is 3.90. The van der Waals surface area contributed by atoms with Gasteiger partial charge in [-0.2, -0.15) is 0 Å². The van der Waals surface area contributed by atoms with Gasteiger partial charge in [-0.25, -0.2) is 0 Å². The minimum Gasteiger partial charge on any atom is -0.495 e. The lowest BCUT2D eigenvalue weighted by molar-refractivity contribution is -0.384. The summed E-state index contributed by atoms with van der Waals surface area (Å²) in [4.78, 5) is 34.6. The Balaban J connectivity index is 1.35. The van der Waals surface area contributed by atoms with Gasteiger partial charge in [0.1, 0.15) is 22.9 Å². The maximum Gasteiger partial charge on any atom is 0.269 e. The number of nitrogens with zero attached hydrogens (tertiary/aromatic N) is 1. The van der Waals surface area contributed by atoms with Crippen LogP contribution in [0, 0.1) is 10.1 Å². The normalized spacial score (nSPS) is 18.2. The fraction of sp³-hybridized carbons (Fsp3) is 0.304. The van der Waals surface area contributed by atoms with Crippen LogP contribution in [-0.4, -0.2) is 24.2 Å². The highest BCUT2D eigenvalue weighted by Gasteiger charge is 2.28. The van der Waals surface area contributed by atoms with Gasteiger partial charge in [0.25, 0.3) is 16.5 Å². The number of nitrogens with one attached hydrogen (secondary N) is 2. The number of rotatable bonds is 8. The highest BCUT2D eigenvalue weighted by atomic mass is 16.6. The van der Waals surface area contributed by atoms with E-state index in [1.54, 1.807) is 31.4 Å². The van der Waals surface area contributed by atoms with E-state index in [9.17, 15) is 19.7 Å². The number of methoxy groups -OCH3 is 1. The number of nitro groups is 1. The summed E-state index contributed by atoms with van der Waals surface area (Å²) in [6.07, 6.45) is 3.06. The molecule has 0 heterocycles. The molecule has 0 amide bonds. The molecule has 0 saturated heterocycles. The Hall–Kier alpha value is -3.88. The van der Waals surface area contributed by atoms with Crippen molar-refractivity contribution in [3.63, 3.8) is 0 Å². The van der Waals surface area contributed by atoms with Gasteiger partial charge in [-0.1, -0.05) is 12.1 Å². The SMILES string of the molecule is COc1ccccc1Nc1c(NC2CCC(Oc3ccc([N+](=O)[O-])cc3)CC2)c(=O)c1=O. The van der Waals surface area contributed by atoms with E-state index in [0.29, 0.717) is 22.9 Å². The Labute approximate surface area is 183 Å². The first kappa shape index (κ1) is 21.4. The molecule has 3 aromatic rings. The maximum absolute atomic E-state index is 12.2. The molecule has 3 aromatic carbocycles. The van der Waals surface area contributed by atoms with Gasteiger partial charge in [0.2, 0.25) is 0 Å². The van der Waals surface area contributed by atoms with Crippen molar-refractivity contribution in [3.05, 3.63) is 79.1 Å². The van der Waals surface area contributed by atoms with Crippen molar-refractivity contribution in [3.8, 4) is 11.5 Å². The Morgan fingerprint density at radius 2 is 1.59 bits per heavy atom. The molecule has 0 bridgehead atoms. The van der Waals surface area contributed by atoms with Crippen molar-refractivity contribution in [1.29, 1.82) is 0 Å². The minimum atomic E-state index is -0.548. The van der Waals surface area contributed by atoms with Crippen LogP contribution in [0.3, 0.4) is 0 Å². The van der Waals surface area contributed by atoms with Crippen molar-refractivity contribution in [2.24, 2.45) is 0 Å². The van der Waals surface area contributed by atoms with Crippen LogP contribution in [0.1, 0.15) is 25.7 Å². The topological polar surface area (TPSA) is 120 Å². The largest absolute Gasteiger partial charge is 0.495 e. The fourth-order valence-corrected chi connectivity index (χ4v) is 3.90. The Kier molecular flexibility index (Phi) is 6.07. The molecule has 0 unspecified atom stereocenters. The van der Waals surface area contributed by atoms with Gasteiger partial charge in [-0.3, -0.25) is 19.7 Å². The van der Waals surface area contributed by atoms with Crippen LogP contribution in [-0.2, 0) is 0 Å². The smallest absolute Gasteiger partial charge is 0.269 e. The molecule has 9 nitrogen and oxygen atoms in total. The number of hydrogen-bond donors (Lipinski definition) is 2. The Morgan fingerprint density at radius 3 is 2.25 bits per heavy atom. The first-order valence-electron chi connectivity index (χ1n) is 10.4. The van der Waals surface area contributed by atoms with Gasteiger partial charge < -0.3 is 20.1 Å². The molecular formula is C23H23N3O6. The lowest BCUT2D eigenvalue weighted by Crippen LogP contribution is -2.40. The molecule has 1 aliphatic rings. The number of anilines is 3. The molecule has 1 saturated carbocycles. The van der Waals surface area contributed by atoms with Gasteiger partial charge in [-0.15, -0.1) is 0 Å². The maximum atomic E-state index is 12.2. The molecule has 0 radical (unpaired) electrons. The van der Waals surface area contributed by atoms with E-state index in [4.69, 9.17) is 9.47 Å². The van der Waals surface area contributed by atoms with E-state index in [1.807, 2.05) is 12.1 Å². The molecule has 32 heavy (non-hydrogen) atoms. The molecule has 2 N–H and O–H groups in total. The highest BCUT2D eigenvalue weighted by molar-refractivity contribution is 5.80. The summed E-state index contributed by atoms with van der Waals surface area (Å²) in [6, 6.07) is 13.3. The number of ether oxygens (including phenoxy) is 2. The molecule has 0 aliphatic heterocycles. The van der Waals surface area contributed by atoms with Crippen LogP contribution in [0.15, 0.2) is 58.1 Å². The lowest BCUT2D eigenvalue weighted by atomic mass is 9.92. The summed E-state index contributed by atoms with van der Waals surface area (Å²) >= 11 is 0. The van der Waals surface area contributed by atoms with Gasteiger partial charge in [0, 0.05) is 18.2 Å². The summed E-state index contributed by atoms with van der Waals surface area (Å²) in [7, 11) is 1.54. The second kappa shape index (κ2) is 9.09. The van der Waals surface area contributed by atoms with Gasteiger partial charge in [0.05, 0.1) is 23.8 Å². The predicted molar refractivity (Wildman–Crippen MR) is 121 cm³/mol. The zero-order valence-electron chi connectivity index (χ0n) is 17.5. The Bertz CT molecular complexity index is 1180. The molecule has 0 atom stereocenters. The van der Waals surface area contributed by atoms with E-state index in [1.165, 1.54) is 12.1 Å². The van der Waals surface area contributed by atoms with E-state index < -0.39 is 15.8 Å². The zero-order chi connectivity index (χ0) is 22.7. The summed E-state index contributed by atoms with van der Waals surface area (Å²) in [6.45, 7) is 0. The molecule has 1 fully saturated rings. The standard InChI is InChI=1S/C23H23N3O6/c1-31-19-5-3-2-4-18(19)25-21-20(22(27)23(21)28)24-14-6-10-16(11-7-14)32-17-12-8-15(9-13-17)26(29)30/h2-5,8-9,12-14,16,24-25H,6-7,10-11H2,1H3. The van der Waals surface area contributed by atoms with Gasteiger partial charge in [-0.05, 0) is 49.9 Å². The van der Waals surface area contributed by atoms with E-state index in [0.717, 1.165) is 25.7 Å². The van der Waals surface area contributed by atoms with Crippen LogP contribution < -0.4 is 31.0 Å². The quantitative estimate of drug-likeness (QED) is 0.311. The highest BCUT2D eigenvalue weighted by Crippen LogP contribution is 2.31. The second-order valence-electron chi connectivity index (χ2n) is 7.72. The number of nitro benzene ring substituents is 1. The van der Waals surface area contributed by atoms with Crippen LogP contribution in [0.4, 0.5) is 22.7 Å². The van der Waals surface area contributed by atoms with Crippen LogP contribution in [0.25, 0.3) is 0 Å². The van der Waals surface area contributed by atoms with Crippen LogP contribution in [0.2, 0.25) is 0 Å². The zero-order valence-corrected chi connectivity index (χ0v) is 17.5. The molecule has 4 rings (SSSR count). The molecular weight excluding hydrogens is 414 g/mol. The third-order valence-electron chi connectivity index (χ3n) is 5.65. The van der Waals surface area contributed by atoms with Crippen molar-refractivity contribution in [1.82, 2.24) is 0 Å². The van der Waals surface area contributed by atoms with Crippen molar-refractivity contribution in [2.45, 2.75) is 37.8 Å². The number of non-ortho nitro benzene ring substituents is 1. The van der Waals surface area contributed by atoms with E-state index in [2.05, 4.69) is 10.6 Å². The first-order chi connectivity index (χ1) is 15.5. The molecule has 166 valence electrons. The van der Waals surface area contributed by atoms with E-state index >= 15 is 0 Å². The molecule has 1 aliphatic carbocycles. The Morgan fingerprint density at radius 1 is 0.938 bits per heavy atom. The third kappa shape index (κ3) is 4.41. The number of hydrogen-bond acceptors (Lipinski definition) is 8. The monoisotopic (exact) mass is 437 g/mol. The summed E-state index contributed by atoms with van der Waals surface area (Å²) in [5.74, 6) is 1.17. The van der Waals surface area contributed by atoms with Crippen molar-refractivity contribution < 1.29 is 14.4 Å². The first-order valence-corrected chi connectivity index (χ1v) is 10.4. The second-order valence-corrected chi connectivity index (χ2v) is 7.72. The van der Waals surface area contributed by atoms with Crippen molar-refractivity contribution >= 4 is 22.7 Å². The summed E-state index contributed by atoms with van der Waals surface area (Å²) in [5, 5.41) is 17.0. The summed E-state index contributed by atoms with van der Waals surface area (Å²) in [5.41, 5.74) is 0.130. The van der Waals surface area contributed by atoms with Crippen LogP contribution >= 0.6 is 0 Å². The summed E-state index contributed by atoms with van der Waals surface area (Å²) < 4.78 is 11.2. The lowest BCUT2D eigenvalue weighted by Gasteiger charge is -2.30. The number of benzene rings is 2. The average Bonchev–Trinajstić information content (AvgIpc) is 2.82. The van der Waals surface area contributed by atoms with E-state index in [-0.39, 0.29) is 23.5 Å². The third-order valence-corrected chi connectivity index (χ3v) is 5.65. The molecule has 0 spiro atoms. The molecule has 9 heteroatoms. The number of para-hydroxylation sites is 2. The van der Waals surface area contributed by atoms with Gasteiger partial charge in [0.15, 0.2) is 0 Å². The van der Waals surface area contributed by atoms with Gasteiger partial charge >= 0.3 is 0 Å². The predicted octanol–water partition coefficient (Wildman–Crippen LogP) is 3.75. The molecule has 0 aromatic heterocycles. The van der Waals surface area contributed by atoms with Crippen LogP contribution in [0.5, 0.6) is 11.5 Å².